The van der Waals surface area contributed by atoms with Crippen molar-refractivity contribution in [3.63, 3.8) is 0 Å². The van der Waals surface area contributed by atoms with Crippen molar-refractivity contribution in [2.24, 2.45) is 0 Å². The first-order valence-corrected chi connectivity index (χ1v) is 8.03. The normalized spacial score (nSPS) is 11.5. The van der Waals surface area contributed by atoms with Crippen LogP contribution in [-0.4, -0.2) is 12.1 Å². The molecule has 0 saturated carbocycles. The molecular weight excluding hydrogens is 268 g/mol. The largest absolute Gasteiger partial charge is 0.382 e. The molecule has 2 N–H and O–H groups in total. The lowest BCUT2D eigenvalue weighted by atomic mass is 10.0. The van der Waals surface area contributed by atoms with Gasteiger partial charge in [0, 0.05) is 34.2 Å². The zero-order valence-corrected chi connectivity index (χ0v) is 13.8. The van der Waals surface area contributed by atoms with E-state index in [0.29, 0.717) is 12.1 Å². The minimum absolute atomic E-state index is 0.415. The Morgan fingerprint density at radius 3 is 1.41 bits per heavy atom. The average Bonchev–Trinajstić information content (AvgIpc) is 2.47. The average molecular weight is 292 g/mol. The third-order valence-corrected chi connectivity index (χ3v) is 3.77. The van der Waals surface area contributed by atoms with E-state index in [1.165, 1.54) is 32.9 Å². The Kier molecular flexibility index (Phi) is 3.93. The van der Waals surface area contributed by atoms with Crippen molar-refractivity contribution in [2.75, 3.05) is 10.6 Å². The van der Waals surface area contributed by atoms with Gasteiger partial charge in [-0.25, -0.2) is 0 Å². The fourth-order valence-electron chi connectivity index (χ4n) is 2.91. The quantitative estimate of drug-likeness (QED) is 0.609. The molecule has 0 saturated heterocycles. The molecule has 22 heavy (non-hydrogen) atoms. The van der Waals surface area contributed by atoms with E-state index in [-0.39, 0.29) is 0 Å². The molecule has 0 aliphatic rings. The number of anilines is 2. The molecule has 2 nitrogen and oxygen atoms in total. The fraction of sp³-hybridized carbons (Fsp3) is 0.300. The van der Waals surface area contributed by atoms with Crippen LogP contribution in [0.3, 0.4) is 0 Å². The van der Waals surface area contributed by atoms with Gasteiger partial charge in [0.25, 0.3) is 0 Å². The molecule has 0 aromatic heterocycles. The maximum atomic E-state index is 3.57. The first-order valence-electron chi connectivity index (χ1n) is 8.03. The summed E-state index contributed by atoms with van der Waals surface area (Å²) in [4.78, 5) is 0. The molecule has 0 aliphatic carbocycles. The predicted octanol–water partition coefficient (Wildman–Crippen LogP) is 5.63. The van der Waals surface area contributed by atoms with Crippen LogP contribution in [0.1, 0.15) is 27.7 Å². The molecule has 0 fully saturated rings. The van der Waals surface area contributed by atoms with E-state index in [0.717, 1.165) is 0 Å². The van der Waals surface area contributed by atoms with Crippen LogP contribution in [0.15, 0.2) is 48.5 Å². The number of rotatable bonds is 4. The summed E-state index contributed by atoms with van der Waals surface area (Å²) in [6.45, 7) is 8.70. The Bertz CT molecular complexity index is 735. The van der Waals surface area contributed by atoms with Gasteiger partial charge in [-0.15, -0.1) is 0 Å². The van der Waals surface area contributed by atoms with Crippen molar-refractivity contribution in [3.05, 3.63) is 48.5 Å². The molecule has 3 aromatic carbocycles. The topological polar surface area (TPSA) is 24.1 Å². The predicted molar refractivity (Wildman–Crippen MR) is 99.0 cm³/mol. The van der Waals surface area contributed by atoms with Crippen molar-refractivity contribution in [3.8, 4) is 0 Å². The summed E-state index contributed by atoms with van der Waals surface area (Å²) in [7, 11) is 0. The Balaban J connectivity index is 2.28. The molecule has 3 aromatic rings. The van der Waals surface area contributed by atoms with Crippen LogP contribution in [-0.2, 0) is 0 Å². The maximum absolute atomic E-state index is 3.57. The summed E-state index contributed by atoms with van der Waals surface area (Å²) < 4.78 is 0. The third kappa shape index (κ3) is 2.87. The fourth-order valence-corrected chi connectivity index (χ4v) is 2.91. The van der Waals surface area contributed by atoms with Crippen LogP contribution in [0.5, 0.6) is 0 Å². The molecule has 0 radical (unpaired) electrons. The summed E-state index contributed by atoms with van der Waals surface area (Å²) in [5.41, 5.74) is 2.40. The Labute approximate surface area is 132 Å². The van der Waals surface area contributed by atoms with Gasteiger partial charge in [-0.3, -0.25) is 0 Å². The summed E-state index contributed by atoms with van der Waals surface area (Å²) in [6.07, 6.45) is 0. The van der Waals surface area contributed by atoms with E-state index in [4.69, 9.17) is 0 Å². The van der Waals surface area contributed by atoms with Crippen molar-refractivity contribution in [1.29, 1.82) is 0 Å². The molecule has 0 aliphatic heterocycles. The Hall–Kier alpha value is -2.22. The van der Waals surface area contributed by atoms with Crippen LogP contribution in [0.25, 0.3) is 21.5 Å². The second kappa shape index (κ2) is 5.88. The van der Waals surface area contributed by atoms with Crippen molar-refractivity contribution >= 4 is 32.9 Å². The smallest absolute Gasteiger partial charge is 0.0423 e. The Morgan fingerprint density at radius 2 is 1.05 bits per heavy atom. The number of benzene rings is 3. The van der Waals surface area contributed by atoms with Crippen LogP contribution >= 0.6 is 0 Å². The Morgan fingerprint density at radius 1 is 0.636 bits per heavy atom. The lowest BCUT2D eigenvalue weighted by Gasteiger charge is -2.18. The first kappa shape index (κ1) is 14.7. The van der Waals surface area contributed by atoms with E-state index in [9.17, 15) is 0 Å². The minimum atomic E-state index is 0.415. The van der Waals surface area contributed by atoms with Crippen molar-refractivity contribution in [2.45, 2.75) is 39.8 Å². The summed E-state index contributed by atoms with van der Waals surface area (Å²) in [5.74, 6) is 0. The number of hydrogen-bond acceptors (Lipinski definition) is 2. The van der Waals surface area contributed by atoms with Crippen LogP contribution in [0.4, 0.5) is 11.4 Å². The van der Waals surface area contributed by atoms with Gasteiger partial charge >= 0.3 is 0 Å². The second-order valence-electron chi connectivity index (χ2n) is 6.50. The highest BCUT2D eigenvalue weighted by Gasteiger charge is 2.09. The summed E-state index contributed by atoms with van der Waals surface area (Å²) in [6, 6.07) is 18.3. The molecule has 0 atom stereocenters. The molecular formula is C20H24N2. The van der Waals surface area contributed by atoms with Crippen LogP contribution < -0.4 is 10.6 Å². The SMILES string of the molecule is CC(C)Nc1ccc(NC(C)C)c2cc3ccccc3cc12. The highest BCUT2D eigenvalue weighted by Crippen LogP contribution is 2.34. The maximum Gasteiger partial charge on any atom is 0.0423 e. The van der Waals surface area contributed by atoms with Gasteiger partial charge in [0.2, 0.25) is 0 Å². The van der Waals surface area contributed by atoms with Crippen molar-refractivity contribution < 1.29 is 0 Å². The van der Waals surface area contributed by atoms with Gasteiger partial charge in [0.15, 0.2) is 0 Å². The molecule has 0 bridgehead atoms. The van der Waals surface area contributed by atoms with E-state index < -0.39 is 0 Å². The molecule has 0 amide bonds. The zero-order chi connectivity index (χ0) is 15.7. The summed E-state index contributed by atoms with van der Waals surface area (Å²) in [5, 5.41) is 12.2. The van der Waals surface area contributed by atoms with Gasteiger partial charge in [0.1, 0.15) is 0 Å². The zero-order valence-electron chi connectivity index (χ0n) is 13.8. The summed E-state index contributed by atoms with van der Waals surface area (Å²) >= 11 is 0. The van der Waals surface area contributed by atoms with Gasteiger partial charge < -0.3 is 10.6 Å². The molecule has 0 unspecified atom stereocenters. The van der Waals surface area contributed by atoms with E-state index in [1.807, 2.05) is 0 Å². The van der Waals surface area contributed by atoms with E-state index in [2.05, 4.69) is 86.9 Å². The lowest BCUT2D eigenvalue weighted by molar-refractivity contribution is 0.898. The molecule has 3 rings (SSSR count). The van der Waals surface area contributed by atoms with E-state index >= 15 is 0 Å². The minimum Gasteiger partial charge on any atom is -0.382 e. The number of fused-ring (bicyclic) bond motifs is 2. The van der Waals surface area contributed by atoms with Gasteiger partial charge in [-0.1, -0.05) is 24.3 Å². The standard InChI is InChI=1S/C20H24N2/c1-13(2)21-19-9-10-20(22-14(3)4)18-12-16-8-6-5-7-15(16)11-17(18)19/h5-14,21-22H,1-4H3. The van der Waals surface area contributed by atoms with Gasteiger partial charge in [0.05, 0.1) is 0 Å². The highest BCUT2D eigenvalue weighted by atomic mass is 14.9. The molecule has 2 heteroatoms. The lowest BCUT2D eigenvalue weighted by Crippen LogP contribution is -2.12. The van der Waals surface area contributed by atoms with E-state index in [1.54, 1.807) is 0 Å². The van der Waals surface area contributed by atoms with Gasteiger partial charge in [-0.05, 0) is 62.7 Å². The van der Waals surface area contributed by atoms with Crippen LogP contribution in [0.2, 0.25) is 0 Å². The highest BCUT2D eigenvalue weighted by molar-refractivity contribution is 6.09. The molecule has 114 valence electrons. The number of hydrogen-bond donors (Lipinski definition) is 2. The van der Waals surface area contributed by atoms with Crippen LogP contribution in [0, 0.1) is 0 Å². The van der Waals surface area contributed by atoms with Gasteiger partial charge in [-0.2, -0.15) is 0 Å². The second-order valence-corrected chi connectivity index (χ2v) is 6.50. The first-order chi connectivity index (χ1) is 10.5. The molecule has 0 heterocycles. The molecule has 0 spiro atoms. The third-order valence-electron chi connectivity index (χ3n) is 3.77. The van der Waals surface area contributed by atoms with Crippen molar-refractivity contribution in [1.82, 2.24) is 0 Å². The monoisotopic (exact) mass is 292 g/mol. The number of nitrogens with one attached hydrogen (secondary N) is 2.